The predicted molar refractivity (Wildman–Crippen MR) is 76.6 cm³/mol. The van der Waals surface area contributed by atoms with E-state index in [1.54, 1.807) is 30.3 Å². The lowest BCUT2D eigenvalue weighted by Crippen LogP contribution is -2.05. The van der Waals surface area contributed by atoms with E-state index in [-0.39, 0.29) is 12.4 Å². The number of halogens is 2. The SMILES string of the molecule is COc1cccc(COc2c(Cl)cccc2CN)c1F. The van der Waals surface area contributed by atoms with Crippen LogP contribution in [-0.2, 0) is 13.2 Å². The van der Waals surface area contributed by atoms with Crippen LogP contribution in [0.2, 0.25) is 5.02 Å². The third-order valence-corrected chi connectivity index (χ3v) is 3.20. The van der Waals surface area contributed by atoms with Crippen LogP contribution < -0.4 is 15.2 Å². The first-order valence-corrected chi connectivity index (χ1v) is 6.46. The van der Waals surface area contributed by atoms with Crippen LogP contribution in [0.4, 0.5) is 4.39 Å². The lowest BCUT2D eigenvalue weighted by atomic mass is 10.2. The molecule has 0 aliphatic heterocycles. The van der Waals surface area contributed by atoms with Gasteiger partial charge in [0.25, 0.3) is 0 Å². The fraction of sp³-hybridized carbons (Fsp3) is 0.200. The second-order valence-corrected chi connectivity index (χ2v) is 4.56. The molecule has 2 aromatic carbocycles. The highest BCUT2D eigenvalue weighted by Crippen LogP contribution is 2.30. The molecule has 0 spiro atoms. The van der Waals surface area contributed by atoms with Crippen LogP contribution in [-0.4, -0.2) is 7.11 Å². The summed E-state index contributed by atoms with van der Waals surface area (Å²) >= 11 is 6.07. The minimum Gasteiger partial charge on any atom is -0.494 e. The van der Waals surface area contributed by atoms with Crippen LogP contribution in [0.1, 0.15) is 11.1 Å². The van der Waals surface area contributed by atoms with Crippen LogP contribution in [0.25, 0.3) is 0 Å². The van der Waals surface area contributed by atoms with Crippen LogP contribution in [0.3, 0.4) is 0 Å². The Morgan fingerprint density at radius 2 is 1.85 bits per heavy atom. The Morgan fingerprint density at radius 3 is 2.55 bits per heavy atom. The molecule has 106 valence electrons. The van der Waals surface area contributed by atoms with Crippen molar-refractivity contribution >= 4 is 11.6 Å². The van der Waals surface area contributed by atoms with Gasteiger partial charge in [0.05, 0.1) is 12.1 Å². The molecule has 0 heterocycles. The molecule has 5 heteroatoms. The van der Waals surface area contributed by atoms with Gasteiger partial charge < -0.3 is 15.2 Å². The predicted octanol–water partition coefficient (Wildman–Crippen LogP) is 3.53. The van der Waals surface area contributed by atoms with Crippen molar-refractivity contribution < 1.29 is 13.9 Å². The molecule has 0 aromatic heterocycles. The van der Waals surface area contributed by atoms with Gasteiger partial charge in [-0.1, -0.05) is 35.9 Å². The lowest BCUT2D eigenvalue weighted by molar-refractivity contribution is 0.293. The van der Waals surface area contributed by atoms with Gasteiger partial charge in [-0.3, -0.25) is 0 Å². The number of methoxy groups -OCH3 is 1. The van der Waals surface area contributed by atoms with E-state index in [0.29, 0.717) is 22.9 Å². The van der Waals surface area contributed by atoms with Crippen molar-refractivity contribution in [2.45, 2.75) is 13.2 Å². The van der Waals surface area contributed by atoms with Gasteiger partial charge in [-0.2, -0.15) is 0 Å². The molecule has 0 aliphatic rings. The number of para-hydroxylation sites is 1. The Labute approximate surface area is 122 Å². The van der Waals surface area contributed by atoms with E-state index >= 15 is 0 Å². The molecular formula is C15H15ClFNO2. The first kappa shape index (κ1) is 14.6. The summed E-state index contributed by atoms with van der Waals surface area (Å²) in [5, 5.41) is 0.455. The zero-order valence-electron chi connectivity index (χ0n) is 11.0. The van der Waals surface area contributed by atoms with Crippen LogP contribution in [0.5, 0.6) is 11.5 Å². The van der Waals surface area contributed by atoms with E-state index in [0.717, 1.165) is 5.56 Å². The zero-order chi connectivity index (χ0) is 14.5. The van der Waals surface area contributed by atoms with Crippen molar-refractivity contribution in [2.24, 2.45) is 5.73 Å². The molecule has 0 unspecified atom stereocenters. The molecule has 0 saturated heterocycles. The highest BCUT2D eigenvalue weighted by Gasteiger charge is 2.11. The van der Waals surface area contributed by atoms with Gasteiger partial charge in [0, 0.05) is 17.7 Å². The van der Waals surface area contributed by atoms with E-state index in [1.165, 1.54) is 7.11 Å². The van der Waals surface area contributed by atoms with Gasteiger partial charge in [-0.25, -0.2) is 4.39 Å². The smallest absolute Gasteiger partial charge is 0.171 e. The second kappa shape index (κ2) is 6.59. The minimum atomic E-state index is -0.434. The second-order valence-electron chi connectivity index (χ2n) is 4.15. The van der Waals surface area contributed by atoms with E-state index in [1.807, 2.05) is 6.07 Å². The van der Waals surface area contributed by atoms with Crippen molar-refractivity contribution in [3.05, 3.63) is 58.4 Å². The molecule has 0 aliphatic carbocycles. The van der Waals surface area contributed by atoms with E-state index < -0.39 is 5.82 Å². The van der Waals surface area contributed by atoms with E-state index in [4.69, 9.17) is 26.8 Å². The van der Waals surface area contributed by atoms with Gasteiger partial charge in [-0.05, 0) is 12.1 Å². The third-order valence-electron chi connectivity index (χ3n) is 2.90. The fourth-order valence-corrected chi connectivity index (χ4v) is 2.10. The van der Waals surface area contributed by atoms with Gasteiger partial charge in [0.1, 0.15) is 12.4 Å². The van der Waals surface area contributed by atoms with Crippen molar-refractivity contribution in [3.8, 4) is 11.5 Å². The summed E-state index contributed by atoms with van der Waals surface area (Å²) < 4.78 is 24.5. The van der Waals surface area contributed by atoms with Crippen LogP contribution in [0.15, 0.2) is 36.4 Å². The summed E-state index contributed by atoms with van der Waals surface area (Å²) in [7, 11) is 1.42. The highest BCUT2D eigenvalue weighted by molar-refractivity contribution is 6.32. The molecule has 0 fully saturated rings. The number of hydrogen-bond acceptors (Lipinski definition) is 3. The maximum Gasteiger partial charge on any atom is 0.171 e. The van der Waals surface area contributed by atoms with Gasteiger partial charge in [0.15, 0.2) is 11.6 Å². The zero-order valence-corrected chi connectivity index (χ0v) is 11.8. The Kier molecular flexibility index (Phi) is 4.82. The van der Waals surface area contributed by atoms with Crippen LogP contribution in [0, 0.1) is 5.82 Å². The van der Waals surface area contributed by atoms with Crippen LogP contribution >= 0.6 is 11.6 Å². The number of ether oxygens (including phenoxy) is 2. The van der Waals surface area contributed by atoms with Gasteiger partial charge in [0.2, 0.25) is 0 Å². The summed E-state index contributed by atoms with van der Waals surface area (Å²) in [5.74, 6) is 0.236. The number of nitrogens with two attached hydrogens (primary N) is 1. The van der Waals surface area contributed by atoms with Gasteiger partial charge in [-0.15, -0.1) is 0 Å². The maximum atomic E-state index is 14.0. The highest BCUT2D eigenvalue weighted by atomic mass is 35.5. The molecule has 3 nitrogen and oxygen atoms in total. The molecule has 2 N–H and O–H groups in total. The third kappa shape index (κ3) is 3.03. The Morgan fingerprint density at radius 1 is 1.15 bits per heavy atom. The Hall–Kier alpha value is -1.78. The Balaban J connectivity index is 2.21. The molecule has 2 aromatic rings. The van der Waals surface area contributed by atoms with Crippen molar-refractivity contribution in [1.29, 1.82) is 0 Å². The summed E-state index contributed by atoms with van der Waals surface area (Å²) in [6.07, 6.45) is 0. The number of benzene rings is 2. The standard InChI is InChI=1S/C15H15ClFNO2/c1-19-13-7-3-5-11(14(13)17)9-20-15-10(8-18)4-2-6-12(15)16/h2-7H,8-9,18H2,1H3. The summed E-state index contributed by atoms with van der Waals surface area (Å²) in [4.78, 5) is 0. The van der Waals surface area contributed by atoms with Crippen molar-refractivity contribution in [2.75, 3.05) is 7.11 Å². The molecular weight excluding hydrogens is 281 g/mol. The van der Waals surface area contributed by atoms with Crippen molar-refractivity contribution in [3.63, 3.8) is 0 Å². The molecule has 0 saturated carbocycles. The minimum absolute atomic E-state index is 0.0553. The normalized spacial score (nSPS) is 10.4. The summed E-state index contributed by atoms with van der Waals surface area (Å²) in [6.45, 7) is 0.357. The average Bonchev–Trinajstić information content (AvgIpc) is 2.47. The largest absolute Gasteiger partial charge is 0.494 e. The summed E-state index contributed by atoms with van der Waals surface area (Å²) in [5.41, 5.74) is 6.81. The van der Waals surface area contributed by atoms with Crippen molar-refractivity contribution in [1.82, 2.24) is 0 Å². The Bertz CT molecular complexity index is 604. The quantitative estimate of drug-likeness (QED) is 0.918. The molecule has 0 atom stereocenters. The first-order valence-electron chi connectivity index (χ1n) is 6.09. The van der Waals surface area contributed by atoms with E-state index in [9.17, 15) is 4.39 Å². The molecule has 0 amide bonds. The topological polar surface area (TPSA) is 44.5 Å². The lowest BCUT2D eigenvalue weighted by Gasteiger charge is -2.13. The fourth-order valence-electron chi connectivity index (χ4n) is 1.85. The average molecular weight is 296 g/mol. The summed E-state index contributed by atoms with van der Waals surface area (Å²) in [6, 6.07) is 10.2. The first-order chi connectivity index (χ1) is 9.67. The van der Waals surface area contributed by atoms with Gasteiger partial charge >= 0.3 is 0 Å². The molecule has 2 rings (SSSR count). The maximum absolute atomic E-state index is 14.0. The monoisotopic (exact) mass is 295 g/mol. The molecule has 20 heavy (non-hydrogen) atoms. The molecule has 0 bridgehead atoms. The number of rotatable bonds is 5. The van der Waals surface area contributed by atoms with E-state index in [2.05, 4.69) is 0 Å². The molecule has 0 radical (unpaired) electrons. The number of hydrogen-bond donors (Lipinski definition) is 1.